The van der Waals surface area contributed by atoms with Gasteiger partial charge in [-0.25, -0.2) is 0 Å². The molecular weight excluding hydrogens is 322 g/mol. The maximum absolute atomic E-state index is 12.3. The highest BCUT2D eigenvalue weighted by atomic mass is 32.1. The predicted octanol–water partition coefficient (Wildman–Crippen LogP) is 1.81. The summed E-state index contributed by atoms with van der Waals surface area (Å²) in [6.07, 6.45) is 4.19. The lowest BCUT2D eigenvalue weighted by atomic mass is 9.95. The minimum Gasteiger partial charge on any atom is -0.355 e. The number of hydrogen-bond acceptors (Lipinski definition) is 4. The molecule has 1 aromatic heterocycles. The monoisotopic (exact) mass is 349 g/mol. The number of nitrogens with zero attached hydrogens (tertiary/aromatic N) is 1. The van der Waals surface area contributed by atoms with Gasteiger partial charge in [0.15, 0.2) is 0 Å². The molecule has 132 valence electrons. The van der Waals surface area contributed by atoms with Crippen LogP contribution in [0.5, 0.6) is 0 Å². The number of thiophene rings is 1. The minimum atomic E-state index is -0.159. The van der Waals surface area contributed by atoms with E-state index in [1.165, 1.54) is 4.88 Å². The molecular formula is C18H27N3O2S. The van der Waals surface area contributed by atoms with Crippen LogP contribution in [-0.4, -0.2) is 48.9 Å². The van der Waals surface area contributed by atoms with Crippen molar-refractivity contribution in [2.45, 2.75) is 32.2 Å². The Hall–Kier alpha value is -1.66. The van der Waals surface area contributed by atoms with Crippen molar-refractivity contribution in [3.8, 4) is 0 Å². The summed E-state index contributed by atoms with van der Waals surface area (Å²) in [6.45, 7) is 8.27. The molecule has 6 heteroatoms. The van der Waals surface area contributed by atoms with E-state index >= 15 is 0 Å². The van der Waals surface area contributed by atoms with Crippen LogP contribution in [0.15, 0.2) is 30.2 Å². The summed E-state index contributed by atoms with van der Waals surface area (Å²) < 4.78 is 0. The highest BCUT2D eigenvalue weighted by Crippen LogP contribution is 2.19. The molecule has 1 aromatic rings. The van der Waals surface area contributed by atoms with Crippen molar-refractivity contribution in [1.29, 1.82) is 0 Å². The summed E-state index contributed by atoms with van der Waals surface area (Å²) in [5, 5.41) is 7.93. The highest BCUT2D eigenvalue weighted by Gasteiger charge is 2.29. The number of carbonyl (C=O) groups is 2. The third-order valence-corrected chi connectivity index (χ3v) is 5.44. The van der Waals surface area contributed by atoms with E-state index in [9.17, 15) is 9.59 Å². The molecule has 2 amide bonds. The number of nitrogens with one attached hydrogen (secondary N) is 2. The fourth-order valence-electron chi connectivity index (χ4n) is 2.94. The maximum Gasteiger partial charge on any atom is 0.237 e. The van der Waals surface area contributed by atoms with Crippen molar-refractivity contribution in [2.75, 3.05) is 26.2 Å². The number of amides is 2. The van der Waals surface area contributed by atoms with Gasteiger partial charge in [-0.15, -0.1) is 17.9 Å². The Bertz CT molecular complexity index is 536. The summed E-state index contributed by atoms with van der Waals surface area (Å²) >= 11 is 1.72. The molecule has 0 aromatic carbocycles. The van der Waals surface area contributed by atoms with Crippen LogP contribution in [-0.2, 0) is 16.0 Å². The first-order valence-corrected chi connectivity index (χ1v) is 9.42. The molecule has 1 saturated heterocycles. The van der Waals surface area contributed by atoms with Crippen LogP contribution < -0.4 is 10.6 Å². The maximum atomic E-state index is 12.3. The molecule has 0 radical (unpaired) electrons. The van der Waals surface area contributed by atoms with E-state index in [4.69, 9.17) is 0 Å². The van der Waals surface area contributed by atoms with E-state index in [1.807, 2.05) is 13.0 Å². The van der Waals surface area contributed by atoms with Gasteiger partial charge in [0.05, 0.1) is 6.04 Å². The molecule has 1 fully saturated rings. The van der Waals surface area contributed by atoms with Crippen molar-refractivity contribution in [1.82, 2.24) is 15.5 Å². The first-order valence-electron chi connectivity index (χ1n) is 8.54. The third-order valence-electron chi connectivity index (χ3n) is 4.50. The lowest BCUT2D eigenvalue weighted by Crippen LogP contribution is -2.49. The second-order valence-electron chi connectivity index (χ2n) is 6.14. The Morgan fingerprint density at radius 3 is 2.79 bits per heavy atom. The first kappa shape index (κ1) is 18.7. The molecule has 1 unspecified atom stereocenters. The standard InChI is InChI=1S/C18H27N3O2S/c1-3-9-19-17(22)14(2)21-11-7-15(8-12-21)18(23)20-10-6-16-5-4-13-24-16/h3-5,13-15H,1,6-12H2,2H3,(H,19,22)(H,20,23). The zero-order chi connectivity index (χ0) is 17.4. The Morgan fingerprint density at radius 2 is 2.17 bits per heavy atom. The minimum absolute atomic E-state index is 0.0220. The van der Waals surface area contributed by atoms with Gasteiger partial charge in [0, 0.05) is 23.9 Å². The molecule has 1 atom stereocenters. The fraction of sp³-hybridized carbons (Fsp3) is 0.556. The lowest BCUT2D eigenvalue weighted by molar-refractivity contribution is -0.128. The average Bonchev–Trinajstić information content (AvgIpc) is 3.12. The highest BCUT2D eigenvalue weighted by molar-refractivity contribution is 7.09. The molecule has 0 bridgehead atoms. The number of piperidine rings is 1. The topological polar surface area (TPSA) is 61.4 Å². The van der Waals surface area contributed by atoms with Crippen molar-refractivity contribution < 1.29 is 9.59 Å². The van der Waals surface area contributed by atoms with Crippen LogP contribution in [0.2, 0.25) is 0 Å². The first-order chi connectivity index (χ1) is 11.6. The quantitative estimate of drug-likeness (QED) is 0.704. The van der Waals surface area contributed by atoms with E-state index in [1.54, 1.807) is 17.4 Å². The van der Waals surface area contributed by atoms with Crippen molar-refractivity contribution in [3.05, 3.63) is 35.0 Å². The van der Waals surface area contributed by atoms with E-state index in [0.29, 0.717) is 13.1 Å². The van der Waals surface area contributed by atoms with Crippen LogP contribution in [0.25, 0.3) is 0 Å². The van der Waals surface area contributed by atoms with E-state index in [2.05, 4.69) is 33.6 Å². The fourth-order valence-corrected chi connectivity index (χ4v) is 3.65. The molecule has 2 N–H and O–H groups in total. The summed E-state index contributed by atoms with van der Waals surface area (Å²) in [5.74, 6) is 0.233. The SMILES string of the molecule is C=CCNC(=O)C(C)N1CCC(C(=O)NCCc2cccs2)CC1. The third kappa shape index (κ3) is 5.46. The van der Waals surface area contributed by atoms with Gasteiger partial charge in [0.2, 0.25) is 11.8 Å². The molecule has 0 saturated carbocycles. The van der Waals surface area contributed by atoms with Gasteiger partial charge in [-0.05, 0) is 50.7 Å². The molecule has 5 nitrogen and oxygen atoms in total. The molecule has 0 spiro atoms. The second-order valence-corrected chi connectivity index (χ2v) is 7.17. The Kier molecular flexibility index (Phi) is 7.46. The molecule has 1 aliphatic rings. The Morgan fingerprint density at radius 1 is 1.42 bits per heavy atom. The lowest BCUT2D eigenvalue weighted by Gasteiger charge is -2.34. The van der Waals surface area contributed by atoms with E-state index < -0.39 is 0 Å². The van der Waals surface area contributed by atoms with Gasteiger partial charge >= 0.3 is 0 Å². The van der Waals surface area contributed by atoms with Gasteiger partial charge in [-0.1, -0.05) is 12.1 Å². The van der Waals surface area contributed by atoms with Gasteiger partial charge in [0.25, 0.3) is 0 Å². The number of likely N-dealkylation sites (tertiary alicyclic amines) is 1. The van der Waals surface area contributed by atoms with Gasteiger partial charge in [-0.2, -0.15) is 0 Å². The molecule has 2 rings (SSSR count). The van der Waals surface area contributed by atoms with Crippen LogP contribution in [0.3, 0.4) is 0 Å². The van der Waals surface area contributed by atoms with Crippen LogP contribution >= 0.6 is 11.3 Å². The van der Waals surface area contributed by atoms with Crippen molar-refractivity contribution in [3.63, 3.8) is 0 Å². The molecule has 0 aliphatic carbocycles. The van der Waals surface area contributed by atoms with Gasteiger partial charge in [0.1, 0.15) is 0 Å². The zero-order valence-electron chi connectivity index (χ0n) is 14.3. The Balaban J connectivity index is 1.68. The van der Waals surface area contributed by atoms with Crippen LogP contribution in [0.1, 0.15) is 24.6 Å². The number of hydrogen-bond donors (Lipinski definition) is 2. The van der Waals surface area contributed by atoms with Gasteiger partial charge in [-0.3, -0.25) is 14.5 Å². The smallest absolute Gasteiger partial charge is 0.237 e. The van der Waals surface area contributed by atoms with E-state index in [-0.39, 0.29) is 23.8 Å². The second kappa shape index (κ2) is 9.59. The summed E-state index contributed by atoms with van der Waals surface area (Å²) in [5.41, 5.74) is 0. The Labute approximate surface area is 148 Å². The summed E-state index contributed by atoms with van der Waals surface area (Å²) in [7, 11) is 0. The largest absolute Gasteiger partial charge is 0.355 e. The predicted molar refractivity (Wildman–Crippen MR) is 98.0 cm³/mol. The van der Waals surface area contributed by atoms with Crippen molar-refractivity contribution >= 4 is 23.2 Å². The van der Waals surface area contributed by atoms with Gasteiger partial charge < -0.3 is 10.6 Å². The van der Waals surface area contributed by atoms with E-state index in [0.717, 1.165) is 32.4 Å². The molecule has 24 heavy (non-hydrogen) atoms. The van der Waals surface area contributed by atoms with Crippen LogP contribution in [0, 0.1) is 5.92 Å². The van der Waals surface area contributed by atoms with Crippen molar-refractivity contribution in [2.24, 2.45) is 5.92 Å². The normalized spacial score (nSPS) is 17.2. The zero-order valence-corrected chi connectivity index (χ0v) is 15.1. The summed E-state index contributed by atoms with van der Waals surface area (Å²) in [6, 6.07) is 3.96. The number of carbonyl (C=O) groups excluding carboxylic acids is 2. The van der Waals surface area contributed by atoms with Crippen LogP contribution in [0.4, 0.5) is 0 Å². The summed E-state index contributed by atoms with van der Waals surface area (Å²) in [4.78, 5) is 27.7. The number of rotatable bonds is 8. The molecule has 2 heterocycles. The molecule has 1 aliphatic heterocycles. The average molecular weight is 350 g/mol.